The predicted octanol–water partition coefficient (Wildman–Crippen LogP) is 8.28. The van der Waals surface area contributed by atoms with Gasteiger partial charge in [0.25, 0.3) is 0 Å². The number of ether oxygens (including phenoxy) is 6. The van der Waals surface area contributed by atoms with Gasteiger partial charge in [0.2, 0.25) is 0 Å². The standard InChI is InChI=1S/C54H56Cl2N6O10/c1-31-39(29-71-49-17-47(69-27-37-13-35(19-57)21-59-23-37)41(15-45(49)55)25-61-51(33(3)63)53(65)67-5)9-7-11-43(31)44-12-8-10-40(32(44)2)30-72-50-18-48(70-28-38-14-36(20-58)22-60-24-38)42(16-46(50)56)26-62-52(34(4)64)54(66)68-6/h7-19,21-24,33-34,51-52,57,61-64H,25-30H2,1-6H3/t33-,34-,51-,52-/m0/s1. The summed E-state index contributed by atoms with van der Waals surface area (Å²) < 4.78 is 35.1. The van der Waals surface area contributed by atoms with E-state index < -0.39 is 36.2 Å². The number of aromatic nitrogens is 2. The summed E-state index contributed by atoms with van der Waals surface area (Å²) in [6, 6.07) is 22.2. The lowest BCUT2D eigenvalue weighted by Gasteiger charge is -2.21. The smallest absolute Gasteiger partial charge is 0.325 e. The van der Waals surface area contributed by atoms with E-state index in [0.717, 1.165) is 38.9 Å². The normalized spacial score (nSPS) is 12.7. The molecule has 376 valence electrons. The number of hydrogen-bond acceptors (Lipinski definition) is 16. The van der Waals surface area contributed by atoms with Crippen LogP contribution in [0.25, 0.3) is 11.1 Å². The van der Waals surface area contributed by atoms with E-state index in [2.05, 4.69) is 26.7 Å². The molecule has 0 saturated heterocycles. The van der Waals surface area contributed by atoms with Crippen molar-refractivity contribution in [1.82, 2.24) is 20.6 Å². The number of nitrogens with one attached hydrogen (secondary N) is 3. The zero-order chi connectivity index (χ0) is 51.9. The molecule has 0 bridgehead atoms. The van der Waals surface area contributed by atoms with Crippen LogP contribution in [0.15, 0.2) is 97.6 Å². The summed E-state index contributed by atoms with van der Waals surface area (Å²) in [5, 5.41) is 44.2. The summed E-state index contributed by atoms with van der Waals surface area (Å²) >= 11 is 13.7. The molecular weight excluding hydrogens is 964 g/mol. The maximum Gasteiger partial charge on any atom is 0.325 e. The van der Waals surface area contributed by atoms with Gasteiger partial charge in [-0.3, -0.25) is 30.2 Å². The first-order chi connectivity index (χ1) is 34.6. The summed E-state index contributed by atoms with van der Waals surface area (Å²) in [5.41, 5.74) is 9.27. The highest BCUT2D eigenvalue weighted by molar-refractivity contribution is 6.32. The Morgan fingerprint density at radius 2 is 1.10 bits per heavy atom. The summed E-state index contributed by atoms with van der Waals surface area (Å²) in [6.45, 7) is 7.69. The van der Waals surface area contributed by atoms with Gasteiger partial charge in [0.05, 0.1) is 42.0 Å². The van der Waals surface area contributed by atoms with Crippen LogP contribution in [0.5, 0.6) is 23.0 Å². The van der Waals surface area contributed by atoms with Gasteiger partial charge in [-0.05, 0) is 85.3 Å². The number of nitrogens with zero attached hydrogens (tertiary/aromatic N) is 3. The van der Waals surface area contributed by atoms with Crippen LogP contribution in [-0.2, 0) is 58.6 Å². The number of rotatable bonds is 24. The zero-order valence-corrected chi connectivity index (χ0v) is 42.1. The number of methoxy groups -OCH3 is 2. The molecule has 0 amide bonds. The first kappa shape index (κ1) is 54.2. The topological polar surface area (TPSA) is 227 Å². The third kappa shape index (κ3) is 14.1. The van der Waals surface area contributed by atoms with E-state index in [9.17, 15) is 25.1 Å². The molecule has 0 unspecified atom stereocenters. The molecule has 5 N–H and O–H groups in total. The molecule has 4 atom stereocenters. The van der Waals surface area contributed by atoms with Crippen LogP contribution in [-0.4, -0.2) is 76.8 Å². The van der Waals surface area contributed by atoms with Crippen LogP contribution in [0.1, 0.15) is 69.5 Å². The summed E-state index contributed by atoms with van der Waals surface area (Å²) in [4.78, 5) is 33.1. The van der Waals surface area contributed by atoms with E-state index >= 15 is 0 Å². The number of aliphatic hydroxyl groups excluding tert-OH is 2. The summed E-state index contributed by atoms with van der Waals surface area (Å²) in [5.74, 6) is 0.247. The molecule has 0 fully saturated rings. The second-order valence-electron chi connectivity index (χ2n) is 16.8. The minimum atomic E-state index is -1.05. The minimum Gasteiger partial charge on any atom is -0.488 e. The molecule has 16 nitrogen and oxygen atoms in total. The molecule has 6 rings (SSSR count). The van der Waals surface area contributed by atoms with Crippen molar-refractivity contribution >= 4 is 41.4 Å². The molecule has 0 aliphatic rings. The van der Waals surface area contributed by atoms with Gasteiger partial charge in [0, 0.05) is 84.0 Å². The van der Waals surface area contributed by atoms with Gasteiger partial charge in [-0.15, -0.1) is 0 Å². The number of aliphatic hydroxyl groups is 2. The number of carbonyl (C=O) groups is 2. The molecule has 0 aliphatic carbocycles. The highest BCUT2D eigenvalue weighted by Crippen LogP contribution is 2.37. The van der Waals surface area contributed by atoms with Gasteiger partial charge in [-0.1, -0.05) is 59.6 Å². The fourth-order valence-electron chi connectivity index (χ4n) is 7.70. The van der Waals surface area contributed by atoms with Crippen molar-refractivity contribution in [2.24, 2.45) is 0 Å². The molecule has 0 spiro atoms. The number of hydrogen-bond donors (Lipinski definition) is 5. The van der Waals surface area contributed by atoms with Crippen LogP contribution in [0.2, 0.25) is 10.0 Å². The Hall–Kier alpha value is -7.10. The Kier molecular flexibility index (Phi) is 19.5. The number of nitriles is 1. The van der Waals surface area contributed by atoms with Gasteiger partial charge in [0.1, 0.15) is 67.6 Å². The van der Waals surface area contributed by atoms with E-state index in [-0.39, 0.29) is 44.5 Å². The summed E-state index contributed by atoms with van der Waals surface area (Å²) in [7, 11) is 2.49. The van der Waals surface area contributed by atoms with Crippen molar-refractivity contribution in [3.05, 3.63) is 163 Å². The molecule has 2 aromatic heterocycles. The average molecular weight is 1020 g/mol. The quantitative estimate of drug-likeness (QED) is 0.0284. The SMILES string of the molecule is COC(=O)[C@@H](NCc1cc(Cl)c(OCc2cccc(-c3cccc(COc4cc(OCc5cncc(C=N)c5)c(CN[C@H](C(=O)OC)[C@H](C)O)cc4Cl)c3C)c2C)cc1OCc1cncc(C#N)c1)[C@H](C)O. The molecule has 6 aromatic rings. The Balaban J connectivity index is 1.21. The van der Waals surface area contributed by atoms with E-state index in [1.54, 1.807) is 55.0 Å². The number of carbonyl (C=O) groups excluding carboxylic acids is 2. The van der Waals surface area contributed by atoms with Gasteiger partial charge in [0.15, 0.2) is 0 Å². The third-order valence-electron chi connectivity index (χ3n) is 11.8. The molecule has 0 saturated carbocycles. The maximum absolute atomic E-state index is 12.4. The van der Waals surface area contributed by atoms with Gasteiger partial charge in [-0.2, -0.15) is 5.26 Å². The Morgan fingerprint density at radius 3 is 1.53 bits per heavy atom. The first-order valence-corrected chi connectivity index (χ1v) is 23.5. The molecular formula is C54H56Cl2N6O10. The van der Waals surface area contributed by atoms with Crippen molar-refractivity contribution < 1.29 is 48.2 Å². The maximum atomic E-state index is 12.4. The zero-order valence-electron chi connectivity index (χ0n) is 40.6. The molecule has 2 heterocycles. The van der Waals surface area contributed by atoms with Gasteiger partial charge in [-0.25, -0.2) is 0 Å². The van der Waals surface area contributed by atoms with Gasteiger partial charge < -0.3 is 44.0 Å². The Labute approximate surface area is 428 Å². The third-order valence-corrected chi connectivity index (χ3v) is 12.4. The van der Waals surface area contributed by atoms with Crippen molar-refractivity contribution in [3.8, 4) is 40.2 Å². The van der Waals surface area contributed by atoms with Crippen LogP contribution in [0.3, 0.4) is 0 Å². The molecule has 18 heteroatoms. The van der Waals surface area contributed by atoms with E-state index in [1.807, 2.05) is 50.2 Å². The fraction of sp³-hybridized carbons (Fsp3) is 0.296. The number of pyridine rings is 2. The van der Waals surface area contributed by atoms with Crippen molar-refractivity contribution in [2.75, 3.05) is 14.2 Å². The van der Waals surface area contributed by atoms with E-state index in [4.69, 9.17) is 57.0 Å². The van der Waals surface area contributed by atoms with E-state index in [1.165, 1.54) is 40.5 Å². The average Bonchev–Trinajstić information content (AvgIpc) is 3.37. The summed E-state index contributed by atoms with van der Waals surface area (Å²) in [6.07, 6.45) is 5.38. The highest BCUT2D eigenvalue weighted by atomic mass is 35.5. The van der Waals surface area contributed by atoms with Crippen LogP contribution in [0.4, 0.5) is 0 Å². The van der Waals surface area contributed by atoms with Crippen molar-refractivity contribution in [2.45, 2.75) is 91.5 Å². The Bertz CT molecular complexity index is 2930. The lowest BCUT2D eigenvalue weighted by molar-refractivity contribution is -0.146. The Morgan fingerprint density at radius 1 is 0.653 bits per heavy atom. The van der Waals surface area contributed by atoms with Crippen LogP contribution < -0.4 is 29.6 Å². The van der Waals surface area contributed by atoms with Crippen LogP contribution >= 0.6 is 23.2 Å². The monoisotopic (exact) mass is 1020 g/mol. The molecule has 4 aromatic carbocycles. The fourth-order valence-corrected chi connectivity index (χ4v) is 8.18. The second-order valence-corrected chi connectivity index (χ2v) is 17.6. The van der Waals surface area contributed by atoms with Crippen molar-refractivity contribution in [1.29, 1.82) is 10.7 Å². The highest BCUT2D eigenvalue weighted by Gasteiger charge is 2.26. The lowest BCUT2D eigenvalue weighted by Crippen LogP contribution is -2.45. The largest absolute Gasteiger partial charge is 0.488 e. The number of halogens is 2. The number of esters is 2. The molecule has 0 aliphatic heterocycles. The lowest BCUT2D eigenvalue weighted by atomic mass is 9.92. The number of benzene rings is 4. The second kappa shape index (κ2) is 25.8. The van der Waals surface area contributed by atoms with Crippen molar-refractivity contribution in [3.63, 3.8) is 0 Å². The van der Waals surface area contributed by atoms with E-state index in [0.29, 0.717) is 55.8 Å². The minimum absolute atomic E-state index is 0.0666. The molecule has 0 radical (unpaired) electrons. The van der Waals surface area contributed by atoms with Gasteiger partial charge >= 0.3 is 11.9 Å². The van der Waals surface area contributed by atoms with Crippen LogP contribution in [0, 0.1) is 30.6 Å². The first-order valence-electron chi connectivity index (χ1n) is 22.7. The molecule has 72 heavy (non-hydrogen) atoms. The predicted molar refractivity (Wildman–Crippen MR) is 271 cm³/mol.